The van der Waals surface area contributed by atoms with Crippen molar-refractivity contribution in [2.45, 2.75) is 19.4 Å². The van der Waals surface area contributed by atoms with Crippen LogP contribution < -0.4 is 14.8 Å². The van der Waals surface area contributed by atoms with Gasteiger partial charge < -0.3 is 19.4 Å². The second-order valence-electron chi connectivity index (χ2n) is 6.47. The van der Waals surface area contributed by atoms with Crippen molar-refractivity contribution in [2.24, 2.45) is 0 Å². The molecule has 138 valence electrons. The van der Waals surface area contributed by atoms with Crippen LogP contribution in [0.4, 0.5) is 0 Å². The third-order valence-electron chi connectivity index (χ3n) is 4.55. The topological polar surface area (TPSA) is 65.4 Å². The molecule has 0 bridgehead atoms. The van der Waals surface area contributed by atoms with Crippen LogP contribution in [0.1, 0.15) is 35.3 Å². The SMILES string of the molecule is C[C@H](NC(=O)c1ccc2c(c1)OCCCO2)c1ccc(-n2ccnc2)cc1. The van der Waals surface area contributed by atoms with Crippen LogP contribution in [-0.4, -0.2) is 28.7 Å². The third kappa shape index (κ3) is 3.79. The van der Waals surface area contributed by atoms with Crippen molar-refractivity contribution in [3.63, 3.8) is 0 Å². The van der Waals surface area contributed by atoms with Gasteiger partial charge in [-0.15, -0.1) is 0 Å². The fourth-order valence-electron chi connectivity index (χ4n) is 3.01. The van der Waals surface area contributed by atoms with Crippen molar-refractivity contribution in [3.05, 3.63) is 72.3 Å². The number of aromatic nitrogens is 2. The number of rotatable bonds is 4. The quantitative estimate of drug-likeness (QED) is 0.770. The average Bonchev–Trinajstić information content (AvgIpc) is 3.13. The van der Waals surface area contributed by atoms with Gasteiger partial charge in [0, 0.05) is 30.1 Å². The van der Waals surface area contributed by atoms with Gasteiger partial charge in [0.05, 0.1) is 25.6 Å². The van der Waals surface area contributed by atoms with E-state index in [9.17, 15) is 4.79 Å². The molecule has 27 heavy (non-hydrogen) atoms. The molecule has 0 fully saturated rings. The third-order valence-corrected chi connectivity index (χ3v) is 4.55. The van der Waals surface area contributed by atoms with Crippen LogP contribution in [0.2, 0.25) is 0 Å². The molecule has 0 radical (unpaired) electrons. The van der Waals surface area contributed by atoms with E-state index in [0.717, 1.165) is 17.7 Å². The van der Waals surface area contributed by atoms with Crippen molar-refractivity contribution < 1.29 is 14.3 Å². The minimum atomic E-state index is -0.142. The normalized spacial score (nSPS) is 14.3. The van der Waals surface area contributed by atoms with E-state index >= 15 is 0 Å². The Morgan fingerprint density at radius 3 is 2.63 bits per heavy atom. The predicted octanol–water partition coefficient (Wildman–Crippen LogP) is 3.52. The molecule has 1 aliphatic rings. The highest BCUT2D eigenvalue weighted by molar-refractivity contribution is 5.95. The average molecular weight is 363 g/mol. The van der Waals surface area contributed by atoms with E-state index in [2.05, 4.69) is 10.3 Å². The Kier molecular flexibility index (Phi) is 4.78. The summed E-state index contributed by atoms with van der Waals surface area (Å²) in [5.74, 6) is 1.17. The Morgan fingerprint density at radius 2 is 1.89 bits per heavy atom. The molecule has 2 aromatic carbocycles. The molecule has 1 atom stereocenters. The van der Waals surface area contributed by atoms with Crippen LogP contribution in [0.5, 0.6) is 11.5 Å². The van der Waals surface area contributed by atoms with E-state index in [1.54, 1.807) is 30.7 Å². The molecule has 0 spiro atoms. The molecule has 3 aromatic rings. The van der Waals surface area contributed by atoms with Gasteiger partial charge >= 0.3 is 0 Å². The van der Waals surface area contributed by atoms with Gasteiger partial charge in [0.25, 0.3) is 5.91 Å². The second kappa shape index (κ2) is 7.53. The van der Waals surface area contributed by atoms with Gasteiger partial charge in [0.2, 0.25) is 0 Å². The Morgan fingerprint density at radius 1 is 1.11 bits per heavy atom. The number of ether oxygens (including phenoxy) is 2. The van der Waals surface area contributed by atoms with E-state index in [1.807, 2.05) is 42.0 Å². The van der Waals surface area contributed by atoms with Crippen molar-refractivity contribution in [3.8, 4) is 17.2 Å². The van der Waals surface area contributed by atoms with Gasteiger partial charge in [-0.25, -0.2) is 4.98 Å². The van der Waals surface area contributed by atoms with Crippen LogP contribution in [0, 0.1) is 0 Å². The van der Waals surface area contributed by atoms with Gasteiger partial charge in [0.15, 0.2) is 11.5 Å². The van der Waals surface area contributed by atoms with E-state index in [4.69, 9.17) is 9.47 Å². The number of hydrogen-bond acceptors (Lipinski definition) is 4. The Balaban J connectivity index is 1.45. The lowest BCUT2D eigenvalue weighted by molar-refractivity contribution is 0.0939. The van der Waals surface area contributed by atoms with E-state index < -0.39 is 0 Å². The summed E-state index contributed by atoms with van der Waals surface area (Å²) in [4.78, 5) is 16.7. The molecule has 0 aliphatic carbocycles. The monoisotopic (exact) mass is 363 g/mol. The first-order valence-electron chi connectivity index (χ1n) is 8.99. The molecular weight excluding hydrogens is 342 g/mol. The first-order chi connectivity index (χ1) is 13.2. The molecule has 0 saturated heterocycles. The number of benzene rings is 2. The summed E-state index contributed by atoms with van der Waals surface area (Å²) in [6.45, 7) is 3.19. The molecule has 1 aromatic heterocycles. The molecule has 0 saturated carbocycles. The molecule has 6 nitrogen and oxygen atoms in total. The summed E-state index contributed by atoms with van der Waals surface area (Å²) in [7, 11) is 0. The minimum Gasteiger partial charge on any atom is -0.490 e. The lowest BCUT2D eigenvalue weighted by Gasteiger charge is -2.16. The molecule has 0 unspecified atom stereocenters. The number of carbonyl (C=O) groups is 1. The van der Waals surface area contributed by atoms with E-state index in [0.29, 0.717) is 30.3 Å². The zero-order valence-corrected chi connectivity index (χ0v) is 15.1. The van der Waals surface area contributed by atoms with Gasteiger partial charge in [-0.1, -0.05) is 12.1 Å². The van der Waals surface area contributed by atoms with Crippen molar-refractivity contribution in [2.75, 3.05) is 13.2 Å². The highest BCUT2D eigenvalue weighted by Gasteiger charge is 2.16. The number of nitrogens with zero attached hydrogens (tertiary/aromatic N) is 2. The number of imidazole rings is 1. The van der Waals surface area contributed by atoms with Crippen molar-refractivity contribution >= 4 is 5.91 Å². The zero-order chi connectivity index (χ0) is 18.6. The van der Waals surface area contributed by atoms with Crippen LogP contribution in [0.25, 0.3) is 5.69 Å². The Bertz CT molecular complexity index is 920. The highest BCUT2D eigenvalue weighted by Crippen LogP contribution is 2.30. The van der Waals surface area contributed by atoms with E-state index in [-0.39, 0.29) is 11.9 Å². The maximum atomic E-state index is 12.6. The van der Waals surface area contributed by atoms with Crippen molar-refractivity contribution in [1.82, 2.24) is 14.9 Å². The number of amides is 1. The first-order valence-corrected chi connectivity index (χ1v) is 8.99. The summed E-state index contributed by atoms with van der Waals surface area (Å²) < 4.78 is 13.2. The lowest BCUT2D eigenvalue weighted by atomic mass is 10.1. The maximum Gasteiger partial charge on any atom is 0.251 e. The molecule has 1 amide bonds. The summed E-state index contributed by atoms with van der Waals surface area (Å²) in [5, 5.41) is 3.03. The molecule has 1 N–H and O–H groups in total. The predicted molar refractivity (Wildman–Crippen MR) is 101 cm³/mol. The molecule has 6 heteroatoms. The van der Waals surface area contributed by atoms with E-state index in [1.165, 1.54) is 0 Å². The summed E-state index contributed by atoms with van der Waals surface area (Å²) in [6.07, 6.45) is 6.23. The Hall–Kier alpha value is -3.28. The maximum absolute atomic E-state index is 12.6. The van der Waals surface area contributed by atoms with Crippen LogP contribution >= 0.6 is 0 Å². The van der Waals surface area contributed by atoms with Gasteiger partial charge in [-0.05, 0) is 42.8 Å². The lowest BCUT2D eigenvalue weighted by Crippen LogP contribution is -2.26. The van der Waals surface area contributed by atoms with Crippen molar-refractivity contribution in [1.29, 1.82) is 0 Å². The largest absolute Gasteiger partial charge is 0.490 e. The number of carbonyl (C=O) groups excluding carboxylic acids is 1. The Labute approximate surface area is 157 Å². The van der Waals surface area contributed by atoms with Gasteiger partial charge in [-0.3, -0.25) is 4.79 Å². The smallest absolute Gasteiger partial charge is 0.251 e. The fourth-order valence-corrected chi connectivity index (χ4v) is 3.01. The van der Waals surface area contributed by atoms with Crippen LogP contribution in [0.15, 0.2) is 61.2 Å². The number of fused-ring (bicyclic) bond motifs is 1. The second-order valence-corrected chi connectivity index (χ2v) is 6.47. The fraction of sp³-hybridized carbons (Fsp3) is 0.238. The molecule has 2 heterocycles. The molecule has 1 aliphatic heterocycles. The number of hydrogen-bond donors (Lipinski definition) is 1. The molecule has 4 rings (SSSR count). The standard InChI is InChI=1S/C21H21N3O3/c1-15(16-3-6-18(7-4-16)24-10-9-22-14-24)23-21(25)17-5-8-19-20(13-17)27-12-2-11-26-19/h3-10,13-15H,2,11-12H2,1H3,(H,23,25)/t15-/m0/s1. The summed E-state index contributed by atoms with van der Waals surface area (Å²) in [6, 6.07) is 13.2. The number of nitrogens with one attached hydrogen (secondary N) is 1. The highest BCUT2D eigenvalue weighted by atomic mass is 16.5. The molecular formula is C21H21N3O3. The van der Waals surface area contributed by atoms with Crippen LogP contribution in [0.3, 0.4) is 0 Å². The van der Waals surface area contributed by atoms with Gasteiger partial charge in [0.1, 0.15) is 0 Å². The summed E-state index contributed by atoms with van der Waals surface area (Å²) in [5.41, 5.74) is 2.61. The van der Waals surface area contributed by atoms with Crippen LogP contribution in [-0.2, 0) is 0 Å². The van der Waals surface area contributed by atoms with Gasteiger partial charge in [-0.2, -0.15) is 0 Å². The minimum absolute atomic E-state index is 0.120. The first kappa shape index (κ1) is 17.1. The zero-order valence-electron chi connectivity index (χ0n) is 15.1. The summed E-state index contributed by atoms with van der Waals surface area (Å²) >= 11 is 0.